The van der Waals surface area contributed by atoms with E-state index in [1.807, 2.05) is 20.8 Å². The second-order valence-electron chi connectivity index (χ2n) is 9.10. The Labute approximate surface area is 222 Å². The monoisotopic (exact) mass is 561 g/mol. The topological polar surface area (TPSA) is 86.8 Å². The first kappa shape index (κ1) is 29.4. The smallest absolute Gasteiger partial charge is 0.243 e. The molecule has 1 atom stereocenters. The molecular weight excluding hydrogens is 533 g/mol. The molecule has 0 aromatic heterocycles. The fourth-order valence-corrected chi connectivity index (χ4v) is 5.14. The zero-order chi connectivity index (χ0) is 26.6. The Kier molecular flexibility index (Phi) is 10.0. The van der Waals surface area contributed by atoms with E-state index in [4.69, 9.17) is 34.8 Å². The summed E-state index contributed by atoms with van der Waals surface area (Å²) in [6.07, 6.45) is 0.295. The summed E-state index contributed by atoms with van der Waals surface area (Å²) in [5.74, 6) is -0.934. The van der Waals surface area contributed by atoms with Crippen molar-refractivity contribution in [1.29, 1.82) is 0 Å². The average molecular weight is 563 g/mol. The van der Waals surface area contributed by atoms with Crippen LogP contribution in [0, 0.1) is 0 Å². The van der Waals surface area contributed by atoms with E-state index in [1.54, 1.807) is 25.1 Å². The maximum absolute atomic E-state index is 13.5. The summed E-state index contributed by atoms with van der Waals surface area (Å²) in [6, 6.07) is 9.73. The van der Waals surface area contributed by atoms with Crippen LogP contribution in [-0.2, 0) is 26.2 Å². The maximum Gasteiger partial charge on any atom is 0.243 e. The third-order valence-corrected chi connectivity index (χ3v) is 7.93. The highest BCUT2D eigenvalue weighted by Gasteiger charge is 2.33. The molecule has 2 aromatic carbocycles. The lowest BCUT2D eigenvalue weighted by molar-refractivity contribution is -0.142. The Morgan fingerprint density at radius 1 is 1.00 bits per heavy atom. The molecule has 0 saturated heterocycles. The molecule has 1 N–H and O–H groups in total. The van der Waals surface area contributed by atoms with Gasteiger partial charge in [0.1, 0.15) is 6.04 Å². The van der Waals surface area contributed by atoms with Gasteiger partial charge in [0.2, 0.25) is 21.8 Å². The summed E-state index contributed by atoms with van der Waals surface area (Å²) >= 11 is 18.6. The largest absolute Gasteiger partial charge is 0.350 e. The van der Waals surface area contributed by atoms with Gasteiger partial charge in [-0.2, -0.15) is 4.31 Å². The third-order valence-electron chi connectivity index (χ3n) is 5.15. The molecule has 0 unspecified atom stereocenters. The molecule has 0 spiro atoms. The van der Waals surface area contributed by atoms with Crippen LogP contribution in [-0.4, -0.2) is 54.6 Å². The molecule has 0 bridgehead atoms. The van der Waals surface area contributed by atoms with Gasteiger partial charge in [0, 0.05) is 39.8 Å². The van der Waals surface area contributed by atoms with Crippen LogP contribution >= 0.6 is 34.8 Å². The SMILES string of the molecule is CC[C@@H](C(=O)NC(C)(C)C)N(Cc1c(Cl)cccc1Cl)C(=O)CN(C)S(=O)(=O)c1ccc(Cl)cc1. The minimum absolute atomic E-state index is 0.00424. The summed E-state index contributed by atoms with van der Waals surface area (Å²) in [5.41, 5.74) is -0.0647. The summed E-state index contributed by atoms with van der Waals surface area (Å²) < 4.78 is 27.0. The van der Waals surface area contributed by atoms with E-state index >= 15 is 0 Å². The number of carbonyl (C=O) groups excluding carboxylic acids is 2. The number of benzene rings is 2. The summed E-state index contributed by atoms with van der Waals surface area (Å²) in [6.45, 7) is 6.72. The number of likely N-dealkylation sites (N-methyl/N-ethyl adjacent to an activating group) is 1. The summed E-state index contributed by atoms with van der Waals surface area (Å²) in [5, 5.41) is 3.96. The molecule has 11 heteroatoms. The molecule has 35 heavy (non-hydrogen) atoms. The number of amides is 2. The zero-order valence-electron chi connectivity index (χ0n) is 20.3. The van der Waals surface area contributed by atoms with Crippen LogP contribution in [0.4, 0.5) is 0 Å². The molecule has 0 radical (unpaired) electrons. The van der Waals surface area contributed by atoms with Gasteiger partial charge in [-0.15, -0.1) is 0 Å². The van der Waals surface area contributed by atoms with Crippen molar-refractivity contribution in [3.63, 3.8) is 0 Å². The Bertz CT molecular complexity index is 1150. The van der Waals surface area contributed by atoms with Crippen molar-refractivity contribution in [2.24, 2.45) is 0 Å². The molecule has 2 aromatic rings. The molecule has 2 rings (SSSR count). The second-order valence-corrected chi connectivity index (χ2v) is 12.4. The van der Waals surface area contributed by atoms with E-state index in [0.29, 0.717) is 27.1 Å². The molecule has 2 amide bonds. The quantitative estimate of drug-likeness (QED) is 0.467. The van der Waals surface area contributed by atoms with Crippen molar-refractivity contribution >= 4 is 56.6 Å². The lowest BCUT2D eigenvalue weighted by atomic mass is 10.1. The number of halogens is 3. The minimum atomic E-state index is -3.98. The Morgan fingerprint density at radius 2 is 1.54 bits per heavy atom. The second kappa shape index (κ2) is 11.9. The number of carbonyl (C=O) groups is 2. The van der Waals surface area contributed by atoms with Gasteiger partial charge in [0.05, 0.1) is 11.4 Å². The summed E-state index contributed by atoms with van der Waals surface area (Å²) in [4.78, 5) is 27.9. The van der Waals surface area contributed by atoms with Gasteiger partial charge in [-0.1, -0.05) is 47.8 Å². The number of hydrogen-bond donors (Lipinski definition) is 1. The lowest BCUT2D eigenvalue weighted by Crippen LogP contribution is -2.55. The van der Waals surface area contributed by atoms with Crippen LogP contribution < -0.4 is 5.32 Å². The van der Waals surface area contributed by atoms with Crippen LogP contribution in [0.25, 0.3) is 0 Å². The van der Waals surface area contributed by atoms with Crippen LogP contribution in [0.15, 0.2) is 47.4 Å². The first-order valence-corrected chi connectivity index (χ1v) is 13.5. The number of nitrogens with zero attached hydrogens (tertiary/aromatic N) is 2. The van der Waals surface area contributed by atoms with Crippen LogP contribution in [0.3, 0.4) is 0 Å². The van der Waals surface area contributed by atoms with Gasteiger partial charge in [-0.3, -0.25) is 9.59 Å². The van der Waals surface area contributed by atoms with Crippen LogP contribution in [0.1, 0.15) is 39.7 Å². The van der Waals surface area contributed by atoms with E-state index in [-0.39, 0.29) is 17.3 Å². The minimum Gasteiger partial charge on any atom is -0.350 e. The van der Waals surface area contributed by atoms with E-state index < -0.39 is 34.1 Å². The molecular formula is C24H30Cl3N3O4S. The fraction of sp³-hybridized carbons (Fsp3) is 0.417. The van der Waals surface area contributed by atoms with Crippen molar-refractivity contribution in [1.82, 2.24) is 14.5 Å². The highest BCUT2D eigenvalue weighted by atomic mass is 35.5. The van der Waals surface area contributed by atoms with E-state index in [9.17, 15) is 18.0 Å². The lowest BCUT2D eigenvalue weighted by Gasteiger charge is -2.34. The molecule has 0 heterocycles. The molecule has 0 aliphatic carbocycles. The number of rotatable bonds is 9. The van der Waals surface area contributed by atoms with E-state index in [1.165, 1.54) is 36.2 Å². The van der Waals surface area contributed by atoms with E-state index in [0.717, 1.165) is 4.31 Å². The van der Waals surface area contributed by atoms with E-state index in [2.05, 4.69) is 5.32 Å². The van der Waals surface area contributed by atoms with Gasteiger partial charge in [0.25, 0.3) is 0 Å². The Hall–Kier alpha value is -1.84. The van der Waals surface area contributed by atoms with Crippen LogP contribution in [0.5, 0.6) is 0 Å². The number of sulfonamides is 1. The predicted molar refractivity (Wildman–Crippen MR) is 140 cm³/mol. The van der Waals surface area contributed by atoms with Crippen molar-refractivity contribution in [3.8, 4) is 0 Å². The predicted octanol–water partition coefficient (Wildman–Crippen LogP) is 4.99. The van der Waals surface area contributed by atoms with Gasteiger partial charge in [-0.05, 0) is 63.6 Å². The maximum atomic E-state index is 13.5. The highest BCUT2D eigenvalue weighted by molar-refractivity contribution is 7.89. The van der Waals surface area contributed by atoms with Crippen molar-refractivity contribution in [3.05, 3.63) is 63.1 Å². The normalized spacial score (nSPS) is 12.9. The Morgan fingerprint density at radius 3 is 2.03 bits per heavy atom. The summed E-state index contributed by atoms with van der Waals surface area (Å²) in [7, 11) is -2.68. The molecule has 0 fully saturated rings. The molecule has 0 aliphatic rings. The zero-order valence-corrected chi connectivity index (χ0v) is 23.4. The molecule has 0 saturated carbocycles. The average Bonchev–Trinajstić information content (AvgIpc) is 2.74. The standard InChI is InChI=1S/C24H30Cl3N3O4S/c1-6-21(23(32)28-24(2,3)4)30(14-18-19(26)8-7-9-20(18)27)22(31)15-29(5)35(33,34)17-12-10-16(25)11-13-17/h7-13,21H,6,14-15H2,1-5H3,(H,28,32)/t21-/m0/s1. The number of hydrogen-bond acceptors (Lipinski definition) is 4. The van der Waals surface area contributed by atoms with Gasteiger partial charge >= 0.3 is 0 Å². The molecule has 0 aliphatic heterocycles. The van der Waals surface area contributed by atoms with Gasteiger partial charge < -0.3 is 10.2 Å². The fourth-order valence-electron chi connectivity index (χ4n) is 3.38. The third kappa shape index (κ3) is 7.82. The molecule has 7 nitrogen and oxygen atoms in total. The van der Waals surface area contributed by atoms with Crippen molar-refractivity contribution in [2.75, 3.05) is 13.6 Å². The van der Waals surface area contributed by atoms with Gasteiger partial charge in [0.15, 0.2) is 0 Å². The van der Waals surface area contributed by atoms with Gasteiger partial charge in [-0.25, -0.2) is 8.42 Å². The first-order chi connectivity index (χ1) is 16.2. The highest BCUT2D eigenvalue weighted by Crippen LogP contribution is 2.27. The first-order valence-electron chi connectivity index (χ1n) is 10.9. The van der Waals surface area contributed by atoms with Crippen molar-refractivity contribution < 1.29 is 18.0 Å². The van der Waals surface area contributed by atoms with Crippen molar-refractivity contribution in [2.45, 2.75) is 57.1 Å². The molecule has 192 valence electrons. The van der Waals surface area contributed by atoms with Crippen LogP contribution in [0.2, 0.25) is 15.1 Å². The Balaban J connectivity index is 2.41. The number of nitrogens with one attached hydrogen (secondary N) is 1.